The van der Waals surface area contributed by atoms with E-state index in [1.54, 1.807) is 0 Å². The van der Waals surface area contributed by atoms with Gasteiger partial charge < -0.3 is 4.84 Å². The molecule has 1 fully saturated rings. The van der Waals surface area contributed by atoms with E-state index in [9.17, 15) is 0 Å². The lowest BCUT2D eigenvalue weighted by Crippen LogP contribution is -2.22. The summed E-state index contributed by atoms with van der Waals surface area (Å²) in [5.41, 5.74) is 0. The topological polar surface area (TPSA) is 21.6 Å². The number of hydrogen-bond acceptors (Lipinski definition) is 2. The summed E-state index contributed by atoms with van der Waals surface area (Å²) in [4.78, 5) is 5.35. The molecule has 1 saturated carbocycles. The minimum atomic E-state index is 0.375. The minimum absolute atomic E-state index is 0.375. The SMILES string of the molecule is BrC1=NOC(C2CCCCC2)C1. The molecule has 0 spiro atoms. The highest BCUT2D eigenvalue weighted by Crippen LogP contribution is 2.32. The van der Waals surface area contributed by atoms with Crippen LogP contribution in [0.1, 0.15) is 38.5 Å². The Kier molecular flexibility index (Phi) is 2.69. The Labute approximate surface area is 81.5 Å². The van der Waals surface area contributed by atoms with Crippen molar-refractivity contribution in [2.24, 2.45) is 11.1 Å². The predicted molar refractivity (Wildman–Crippen MR) is 52.4 cm³/mol. The molecule has 0 aromatic carbocycles. The summed E-state index contributed by atoms with van der Waals surface area (Å²) in [6.45, 7) is 0. The molecule has 2 nitrogen and oxygen atoms in total. The molecule has 0 aromatic rings. The molecule has 68 valence electrons. The van der Waals surface area contributed by atoms with E-state index < -0.39 is 0 Å². The van der Waals surface area contributed by atoms with E-state index in [2.05, 4.69) is 21.1 Å². The fourth-order valence-electron chi connectivity index (χ4n) is 2.12. The fraction of sp³-hybridized carbons (Fsp3) is 0.889. The van der Waals surface area contributed by atoms with Crippen LogP contribution < -0.4 is 0 Å². The third-order valence-electron chi connectivity index (χ3n) is 2.83. The summed E-state index contributed by atoms with van der Waals surface area (Å²) < 4.78 is 0.984. The zero-order chi connectivity index (χ0) is 8.39. The maximum absolute atomic E-state index is 5.35. The van der Waals surface area contributed by atoms with Crippen molar-refractivity contribution in [3.63, 3.8) is 0 Å². The maximum Gasteiger partial charge on any atom is 0.136 e. The van der Waals surface area contributed by atoms with Gasteiger partial charge in [0.25, 0.3) is 0 Å². The zero-order valence-corrected chi connectivity index (χ0v) is 8.72. The van der Waals surface area contributed by atoms with E-state index in [0.717, 1.165) is 17.0 Å². The van der Waals surface area contributed by atoms with Gasteiger partial charge in [0.2, 0.25) is 0 Å². The Bertz CT molecular complexity index is 187. The van der Waals surface area contributed by atoms with Crippen LogP contribution in [0, 0.1) is 5.92 Å². The van der Waals surface area contributed by atoms with E-state index in [-0.39, 0.29) is 0 Å². The summed E-state index contributed by atoms with van der Waals surface area (Å²) in [6.07, 6.45) is 8.20. The number of oxime groups is 1. The molecular weight excluding hydrogens is 218 g/mol. The molecule has 2 rings (SSSR count). The van der Waals surface area contributed by atoms with Gasteiger partial charge in [0, 0.05) is 6.42 Å². The highest BCUT2D eigenvalue weighted by molar-refractivity contribution is 9.18. The molecule has 1 aliphatic heterocycles. The standard InChI is InChI=1S/C9H14BrNO/c10-9-6-8(12-11-9)7-4-2-1-3-5-7/h7-8H,1-6H2. The lowest BCUT2D eigenvalue weighted by atomic mass is 9.84. The normalized spacial score (nSPS) is 31.4. The lowest BCUT2D eigenvalue weighted by molar-refractivity contribution is 0.0268. The molecular formula is C9H14BrNO. The van der Waals surface area contributed by atoms with Crippen LogP contribution in [-0.4, -0.2) is 10.7 Å². The second-order valence-electron chi connectivity index (χ2n) is 3.71. The Morgan fingerprint density at radius 2 is 2.00 bits per heavy atom. The van der Waals surface area contributed by atoms with Crippen molar-refractivity contribution in [1.82, 2.24) is 0 Å². The number of nitrogens with zero attached hydrogens (tertiary/aromatic N) is 1. The Morgan fingerprint density at radius 1 is 1.25 bits per heavy atom. The van der Waals surface area contributed by atoms with Crippen molar-refractivity contribution in [1.29, 1.82) is 0 Å². The van der Waals surface area contributed by atoms with Gasteiger partial charge in [-0.25, -0.2) is 0 Å². The van der Waals surface area contributed by atoms with Gasteiger partial charge in [0.15, 0.2) is 0 Å². The number of halogens is 1. The molecule has 0 saturated heterocycles. The van der Waals surface area contributed by atoms with Crippen LogP contribution in [0.3, 0.4) is 0 Å². The molecule has 0 aromatic heterocycles. The van der Waals surface area contributed by atoms with Gasteiger partial charge in [-0.05, 0) is 34.7 Å². The largest absolute Gasteiger partial charge is 0.391 e. The average Bonchev–Trinajstić information content (AvgIpc) is 2.54. The van der Waals surface area contributed by atoms with Crippen LogP contribution in [0.15, 0.2) is 5.16 Å². The van der Waals surface area contributed by atoms with E-state index in [1.165, 1.54) is 32.1 Å². The first-order valence-electron chi connectivity index (χ1n) is 4.74. The predicted octanol–water partition coefficient (Wildman–Crippen LogP) is 3.06. The van der Waals surface area contributed by atoms with Gasteiger partial charge in [0.05, 0.1) is 0 Å². The first-order chi connectivity index (χ1) is 5.86. The van der Waals surface area contributed by atoms with E-state index >= 15 is 0 Å². The molecule has 0 N–H and O–H groups in total. The first-order valence-corrected chi connectivity index (χ1v) is 5.54. The molecule has 1 aliphatic carbocycles. The van der Waals surface area contributed by atoms with Gasteiger partial charge in [-0.15, -0.1) is 0 Å². The first kappa shape index (κ1) is 8.54. The third-order valence-corrected chi connectivity index (χ3v) is 3.30. The molecule has 0 bridgehead atoms. The van der Waals surface area contributed by atoms with E-state index in [4.69, 9.17) is 4.84 Å². The summed E-state index contributed by atoms with van der Waals surface area (Å²) in [5.74, 6) is 0.762. The van der Waals surface area contributed by atoms with Gasteiger partial charge in [0.1, 0.15) is 10.7 Å². The van der Waals surface area contributed by atoms with Gasteiger partial charge in [-0.2, -0.15) is 0 Å². The van der Waals surface area contributed by atoms with Crippen LogP contribution in [-0.2, 0) is 4.84 Å². The van der Waals surface area contributed by atoms with Crippen molar-refractivity contribution in [2.75, 3.05) is 0 Å². The number of rotatable bonds is 1. The highest BCUT2D eigenvalue weighted by Gasteiger charge is 2.29. The van der Waals surface area contributed by atoms with Crippen LogP contribution >= 0.6 is 15.9 Å². The van der Waals surface area contributed by atoms with Crippen LogP contribution in [0.5, 0.6) is 0 Å². The number of hydrogen-bond donors (Lipinski definition) is 0. The molecule has 0 radical (unpaired) electrons. The molecule has 3 heteroatoms. The highest BCUT2D eigenvalue weighted by atomic mass is 79.9. The summed E-state index contributed by atoms with van der Waals surface area (Å²) in [5, 5.41) is 3.93. The Balaban J connectivity index is 1.85. The second kappa shape index (κ2) is 3.77. The lowest BCUT2D eigenvalue weighted by Gasteiger charge is -2.25. The van der Waals surface area contributed by atoms with Crippen molar-refractivity contribution in [3.05, 3.63) is 0 Å². The average molecular weight is 232 g/mol. The van der Waals surface area contributed by atoms with Gasteiger partial charge >= 0.3 is 0 Å². The van der Waals surface area contributed by atoms with Crippen LogP contribution in [0.25, 0.3) is 0 Å². The third kappa shape index (κ3) is 1.82. The van der Waals surface area contributed by atoms with Crippen LogP contribution in [0.2, 0.25) is 0 Å². The Morgan fingerprint density at radius 3 is 2.58 bits per heavy atom. The molecule has 0 amide bonds. The van der Waals surface area contributed by atoms with Crippen molar-refractivity contribution in [2.45, 2.75) is 44.6 Å². The van der Waals surface area contributed by atoms with E-state index in [0.29, 0.717) is 6.10 Å². The minimum Gasteiger partial charge on any atom is -0.391 e. The monoisotopic (exact) mass is 231 g/mol. The smallest absolute Gasteiger partial charge is 0.136 e. The fourth-order valence-corrected chi connectivity index (χ4v) is 2.53. The molecule has 1 unspecified atom stereocenters. The molecule has 1 heterocycles. The quantitative estimate of drug-likeness (QED) is 0.680. The second-order valence-corrected chi connectivity index (χ2v) is 4.63. The van der Waals surface area contributed by atoms with Crippen molar-refractivity contribution in [3.8, 4) is 0 Å². The Hall–Kier alpha value is -0.0500. The van der Waals surface area contributed by atoms with Crippen LogP contribution in [0.4, 0.5) is 0 Å². The zero-order valence-electron chi connectivity index (χ0n) is 7.13. The molecule has 2 aliphatic rings. The molecule has 1 atom stereocenters. The maximum atomic E-state index is 5.35. The van der Waals surface area contributed by atoms with E-state index in [1.807, 2.05) is 0 Å². The van der Waals surface area contributed by atoms with Crippen molar-refractivity contribution < 1.29 is 4.84 Å². The summed E-state index contributed by atoms with van der Waals surface area (Å²) in [6, 6.07) is 0. The molecule has 12 heavy (non-hydrogen) atoms. The van der Waals surface area contributed by atoms with Crippen molar-refractivity contribution >= 4 is 20.6 Å². The van der Waals surface area contributed by atoms with Gasteiger partial charge in [-0.1, -0.05) is 24.4 Å². The summed E-state index contributed by atoms with van der Waals surface area (Å²) in [7, 11) is 0. The summed E-state index contributed by atoms with van der Waals surface area (Å²) >= 11 is 3.37. The van der Waals surface area contributed by atoms with Gasteiger partial charge in [-0.3, -0.25) is 0 Å².